The lowest BCUT2D eigenvalue weighted by Gasteiger charge is -2.48. The molecule has 0 bridgehead atoms. The van der Waals surface area contributed by atoms with Crippen LogP contribution in [0.5, 0.6) is 0 Å². The second-order valence-corrected chi connectivity index (χ2v) is 12.6. The van der Waals surface area contributed by atoms with Gasteiger partial charge in [0, 0.05) is 47.1 Å². The normalized spacial score (nSPS) is 28.3. The predicted molar refractivity (Wildman–Crippen MR) is 180 cm³/mol. The van der Waals surface area contributed by atoms with Gasteiger partial charge in [-0.05, 0) is 18.5 Å². The monoisotopic (exact) mass is 768 g/mol. The molecule has 20 heteroatoms. The molecule has 6 unspecified atom stereocenters. The molecule has 0 radical (unpaired) electrons. The van der Waals surface area contributed by atoms with Crippen LogP contribution in [0.4, 0.5) is 4.79 Å². The number of alkyl carbamates (subject to hydrolysis) is 1. The smallest absolute Gasteiger partial charge is 0.407 e. The lowest BCUT2D eigenvalue weighted by atomic mass is 9.83. The van der Waals surface area contributed by atoms with Gasteiger partial charge in [-0.3, -0.25) is 28.8 Å². The molecule has 54 heavy (non-hydrogen) atoms. The zero-order valence-corrected chi connectivity index (χ0v) is 30.5. The SMILES string of the molecule is CC(=O)OCC1O[C@H](O[C@@H]2C(N)C[C@@H](NC(=O)[C@H](CCN)OC(C)=O)C(OC(C)=O)C2O)C(NC(=O)OCc2ccccc2)C(OC(C)=O)[C@@H]1OC(C)=O. The topological polar surface area (TPSA) is 290 Å². The second-order valence-electron chi connectivity index (χ2n) is 12.6. The van der Waals surface area contributed by atoms with E-state index in [2.05, 4.69) is 10.6 Å². The van der Waals surface area contributed by atoms with Crippen LogP contribution in [0.1, 0.15) is 53.0 Å². The number of hydrogen-bond acceptors (Lipinski definition) is 18. The lowest BCUT2D eigenvalue weighted by Crippen LogP contribution is -2.70. The molecule has 1 aliphatic carbocycles. The van der Waals surface area contributed by atoms with E-state index in [4.69, 9.17) is 49.4 Å². The van der Waals surface area contributed by atoms with E-state index < -0.39 is 116 Å². The Morgan fingerprint density at radius 3 is 2.00 bits per heavy atom. The zero-order chi connectivity index (χ0) is 40.1. The summed E-state index contributed by atoms with van der Waals surface area (Å²) in [4.78, 5) is 86.6. The average Bonchev–Trinajstić information content (AvgIpc) is 3.08. The molecule has 0 aromatic heterocycles. The Morgan fingerprint density at radius 1 is 0.815 bits per heavy atom. The first-order valence-corrected chi connectivity index (χ1v) is 17.0. The molecule has 11 atom stereocenters. The van der Waals surface area contributed by atoms with Crippen molar-refractivity contribution in [3.63, 3.8) is 0 Å². The highest BCUT2D eigenvalue weighted by molar-refractivity contribution is 5.83. The molecular weight excluding hydrogens is 720 g/mol. The number of hydrogen-bond donors (Lipinski definition) is 5. The number of esters is 5. The highest BCUT2D eigenvalue weighted by atomic mass is 16.7. The van der Waals surface area contributed by atoms with Crippen LogP contribution < -0.4 is 22.1 Å². The molecule has 2 amide bonds. The van der Waals surface area contributed by atoms with Crippen molar-refractivity contribution in [2.75, 3.05) is 13.2 Å². The number of aliphatic hydroxyl groups is 1. The summed E-state index contributed by atoms with van der Waals surface area (Å²) in [6.07, 6.45) is -13.5. The first kappa shape index (κ1) is 43.5. The molecule has 1 aromatic carbocycles. The Morgan fingerprint density at radius 2 is 1.43 bits per heavy atom. The van der Waals surface area contributed by atoms with Crippen molar-refractivity contribution < 1.29 is 76.6 Å². The van der Waals surface area contributed by atoms with Crippen LogP contribution in [0.15, 0.2) is 30.3 Å². The number of nitrogens with two attached hydrogens (primary N) is 2. The van der Waals surface area contributed by atoms with Crippen LogP contribution in [-0.4, -0.2) is 127 Å². The summed E-state index contributed by atoms with van der Waals surface area (Å²) < 4.78 is 44.3. The minimum atomic E-state index is -1.79. The van der Waals surface area contributed by atoms with E-state index in [9.17, 15) is 38.7 Å². The fourth-order valence-corrected chi connectivity index (χ4v) is 6.00. The third-order valence-corrected chi connectivity index (χ3v) is 8.17. The minimum absolute atomic E-state index is 0.0110. The van der Waals surface area contributed by atoms with Crippen molar-refractivity contribution in [3.05, 3.63) is 35.9 Å². The summed E-state index contributed by atoms with van der Waals surface area (Å²) in [5, 5.41) is 16.7. The highest BCUT2D eigenvalue weighted by Crippen LogP contribution is 2.32. The van der Waals surface area contributed by atoms with Gasteiger partial charge in [-0.25, -0.2) is 4.79 Å². The fourth-order valence-electron chi connectivity index (χ4n) is 6.00. The summed E-state index contributed by atoms with van der Waals surface area (Å²) >= 11 is 0. The van der Waals surface area contributed by atoms with Gasteiger partial charge < -0.3 is 65.1 Å². The quantitative estimate of drug-likeness (QED) is 0.101. The summed E-state index contributed by atoms with van der Waals surface area (Å²) in [6.45, 7) is 4.67. The number of nitrogens with one attached hydrogen (secondary N) is 2. The molecular formula is C34H48N4O16. The second kappa shape index (κ2) is 20.5. The van der Waals surface area contributed by atoms with Crippen molar-refractivity contribution in [2.24, 2.45) is 11.5 Å². The maximum atomic E-state index is 13.2. The molecule has 7 N–H and O–H groups in total. The molecule has 300 valence electrons. The maximum absolute atomic E-state index is 13.2. The fraction of sp³-hybridized carbons (Fsp3) is 0.618. The number of rotatable bonds is 15. The molecule has 1 saturated carbocycles. The third kappa shape index (κ3) is 12.9. The first-order valence-electron chi connectivity index (χ1n) is 17.0. The van der Waals surface area contributed by atoms with Crippen LogP contribution in [0.2, 0.25) is 0 Å². The Balaban J connectivity index is 1.99. The Labute approximate surface area is 310 Å². The Kier molecular flexibility index (Phi) is 16.5. The van der Waals surface area contributed by atoms with E-state index in [0.717, 1.165) is 34.6 Å². The van der Waals surface area contributed by atoms with Crippen LogP contribution in [0, 0.1) is 0 Å². The molecule has 1 heterocycles. The molecule has 2 fully saturated rings. The zero-order valence-electron chi connectivity index (χ0n) is 30.5. The van der Waals surface area contributed by atoms with E-state index in [1.165, 1.54) is 0 Å². The highest BCUT2D eigenvalue weighted by Gasteiger charge is 2.55. The number of carbonyl (C=O) groups excluding carboxylic acids is 7. The predicted octanol–water partition coefficient (Wildman–Crippen LogP) is -1.39. The number of benzene rings is 1. The number of aliphatic hydroxyl groups excluding tert-OH is 1. The molecule has 0 spiro atoms. The van der Waals surface area contributed by atoms with Crippen molar-refractivity contribution in [3.8, 4) is 0 Å². The summed E-state index contributed by atoms with van der Waals surface area (Å²) in [5.74, 6) is -4.85. The van der Waals surface area contributed by atoms with E-state index in [0.29, 0.717) is 5.56 Å². The van der Waals surface area contributed by atoms with Gasteiger partial charge in [-0.15, -0.1) is 0 Å². The minimum Gasteiger partial charge on any atom is -0.463 e. The van der Waals surface area contributed by atoms with Gasteiger partial charge in [-0.1, -0.05) is 30.3 Å². The molecule has 1 aromatic rings. The summed E-state index contributed by atoms with van der Waals surface area (Å²) in [6, 6.07) is 4.82. The largest absolute Gasteiger partial charge is 0.463 e. The average molecular weight is 769 g/mol. The van der Waals surface area contributed by atoms with Crippen molar-refractivity contribution in [1.29, 1.82) is 0 Å². The number of amides is 2. The van der Waals surface area contributed by atoms with Crippen LogP contribution in [-0.2, 0) is 73.3 Å². The Bertz CT molecular complexity index is 1480. The van der Waals surface area contributed by atoms with Crippen LogP contribution in [0.25, 0.3) is 0 Å². The van der Waals surface area contributed by atoms with Crippen molar-refractivity contribution >= 4 is 41.8 Å². The standard InChI is InChI=1S/C34H48N4O16/c1-16(39)47-15-25-30(51-19(4)42)31(52-20(5)43)26(38-34(46)48-14-21-9-7-6-8-10-21)33(53-25)54-28-22(36)13-23(29(27(28)44)50-18(3)41)37-32(45)24(11-12-35)49-17(2)40/h6-10,22-31,33,44H,11-15,35-36H2,1-5H3,(H,37,45)(H,38,46)/t22?,23-,24+,25?,26?,27?,28-,29?,30-,31?,33-/m1/s1. The number of ether oxygens (including phenoxy) is 8. The van der Waals surface area contributed by atoms with Crippen molar-refractivity contribution in [2.45, 2.75) is 121 Å². The summed E-state index contributed by atoms with van der Waals surface area (Å²) in [7, 11) is 0. The first-order chi connectivity index (χ1) is 25.5. The van der Waals surface area contributed by atoms with Gasteiger partial charge in [0.2, 0.25) is 0 Å². The summed E-state index contributed by atoms with van der Waals surface area (Å²) in [5.41, 5.74) is 12.7. The lowest BCUT2D eigenvalue weighted by molar-refractivity contribution is -0.301. The van der Waals surface area contributed by atoms with Gasteiger partial charge >= 0.3 is 35.9 Å². The number of carbonyl (C=O) groups is 7. The van der Waals surface area contributed by atoms with Crippen molar-refractivity contribution in [1.82, 2.24) is 10.6 Å². The molecule has 1 saturated heterocycles. The van der Waals surface area contributed by atoms with E-state index in [1.807, 2.05) is 0 Å². The Hall–Kier alpha value is -4.89. The van der Waals surface area contributed by atoms with Gasteiger partial charge in [0.1, 0.15) is 37.6 Å². The van der Waals surface area contributed by atoms with Crippen LogP contribution in [0.3, 0.4) is 0 Å². The van der Waals surface area contributed by atoms with E-state index in [-0.39, 0.29) is 26.0 Å². The van der Waals surface area contributed by atoms with E-state index >= 15 is 0 Å². The van der Waals surface area contributed by atoms with Gasteiger partial charge in [-0.2, -0.15) is 0 Å². The molecule has 3 rings (SSSR count). The third-order valence-electron chi connectivity index (χ3n) is 8.17. The van der Waals surface area contributed by atoms with Gasteiger partial charge in [0.05, 0.1) is 6.04 Å². The molecule has 1 aliphatic heterocycles. The van der Waals surface area contributed by atoms with Crippen LogP contribution >= 0.6 is 0 Å². The van der Waals surface area contributed by atoms with E-state index in [1.54, 1.807) is 30.3 Å². The molecule has 2 aliphatic rings. The molecule has 20 nitrogen and oxygen atoms in total. The van der Waals surface area contributed by atoms with Gasteiger partial charge in [0.15, 0.2) is 30.7 Å². The maximum Gasteiger partial charge on any atom is 0.407 e. The van der Waals surface area contributed by atoms with Gasteiger partial charge in [0.25, 0.3) is 5.91 Å².